The molecule has 0 aliphatic carbocycles. The summed E-state index contributed by atoms with van der Waals surface area (Å²) in [6.45, 7) is 1.69. The minimum absolute atomic E-state index is 0.000238. The molecule has 5 heteroatoms. The Bertz CT molecular complexity index is 440. The summed E-state index contributed by atoms with van der Waals surface area (Å²) in [6.07, 6.45) is 1.59. The Morgan fingerprint density at radius 1 is 1.41 bits per heavy atom. The highest BCUT2D eigenvalue weighted by atomic mass is 16.4. The molecule has 1 atom stereocenters. The maximum atomic E-state index is 11.0. The van der Waals surface area contributed by atoms with Gasteiger partial charge >= 0.3 is 0 Å². The van der Waals surface area contributed by atoms with Gasteiger partial charge in [0.25, 0.3) is 0 Å². The number of carbonyl (C=O) groups excluding carboxylic acids is 2. The van der Waals surface area contributed by atoms with Gasteiger partial charge in [0.2, 0.25) is 0 Å². The fraction of sp³-hybridized carbons (Fsp3) is 0.250. The molecule has 0 radical (unpaired) electrons. The summed E-state index contributed by atoms with van der Waals surface area (Å²) >= 11 is 0. The molecule has 0 saturated carbocycles. The van der Waals surface area contributed by atoms with Crippen LogP contribution in [0.5, 0.6) is 0 Å². The number of oxime groups is 1. The molecule has 5 nitrogen and oxygen atoms in total. The highest BCUT2D eigenvalue weighted by Crippen LogP contribution is 2.24. The van der Waals surface area contributed by atoms with E-state index in [1.807, 2.05) is 0 Å². The molecule has 1 rings (SSSR count). The summed E-state index contributed by atoms with van der Waals surface area (Å²) in [4.78, 5) is 21.6. The molecule has 0 bridgehead atoms. The average molecular weight is 234 g/mol. The van der Waals surface area contributed by atoms with Crippen LogP contribution in [-0.4, -0.2) is 23.6 Å². The fourth-order valence-corrected chi connectivity index (χ4v) is 1.49. The summed E-state index contributed by atoms with van der Waals surface area (Å²) in [7, 11) is 0. The van der Waals surface area contributed by atoms with E-state index in [-0.39, 0.29) is 12.3 Å². The van der Waals surface area contributed by atoms with Crippen molar-refractivity contribution in [1.29, 1.82) is 0 Å². The zero-order valence-corrected chi connectivity index (χ0v) is 9.46. The molecular weight excluding hydrogens is 220 g/mol. The highest BCUT2D eigenvalue weighted by molar-refractivity contribution is 5.97. The number of nitrogens with two attached hydrogens (primary N) is 1. The van der Waals surface area contributed by atoms with E-state index in [1.54, 1.807) is 31.2 Å². The lowest BCUT2D eigenvalue weighted by Gasteiger charge is -2.20. The number of aldehydes is 2. The van der Waals surface area contributed by atoms with Gasteiger partial charge in [-0.25, -0.2) is 0 Å². The van der Waals surface area contributed by atoms with Crippen LogP contribution in [0.2, 0.25) is 0 Å². The lowest BCUT2D eigenvalue weighted by atomic mass is 9.81. The van der Waals surface area contributed by atoms with Gasteiger partial charge in [-0.05, 0) is 12.5 Å². The van der Waals surface area contributed by atoms with Crippen LogP contribution in [0.15, 0.2) is 29.4 Å². The zero-order chi connectivity index (χ0) is 12.9. The highest BCUT2D eigenvalue weighted by Gasteiger charge is 2.25. The van der Waals surface area contributed by atoms with Gasteiger partial charge in [-0.3, -0.25) is 0 Å². The van der Waals surface area contributed by atoms with Gasteiger partial charge in [-0.1, -0.05) is 29.4 Å². The molecular formula is C12H14N2O3. The first-order valence-corrected chi connectivity index (χ1v) is 5.06. The molecule has 1 aromatic rings. The van der Waals surface area contributed by atoms with E-state index in [2.05, 4.69) is 5.16 Å². The van der Waals surface area contributed by atoms with Crippen molar-refractivity contribution in [3.63, 3.8) is 0 Å². The van der Waals surface area contributed by atoms with E-state index in [9.17, 15) is 9.59 Å². The SMILES string of the molecule is CC(C=O)(CC=O)c1ccc(C(N)=NO)cc1. The fourth-order valence-electron chi connectivity index (χ4n) is 1.49. The molecule has 0 saturated heterocycles. The number of rotatable bonds is 5. The number of benzene rings is 1. The van der Waals surface area contributed by atoms with E-state index < -0.39 is 5.41 Å². The molecule has 0 aliphatic rings. The second kappa shape index (κ2) is 5.25. The Kier molecular flexibility index (Phi) is 3.98. The Labute approximate surface area is 98.9 Å². The monoisotopic (exact) mass is 234 g/mol. The van der Waals surface area contributed by atoms with E-state index in [1.165, 1.54) is 0 Å². The summed E-state index contributed by atoms with van der Waals surface area (Å²) in [6, 6.07) is 6.64. The van der Waals surface area contributed by atoms with Gasteiger partial charge in [0, 0.05) is 12.0 Å². The summed E-state index contributed by atoms with van der Waals surface area (Å²) in [5, 5.41) is 11.4. The van der Waals surface area contributed by atoms with E-state index in [0.29, 0.717) is 17.4 Å². The molecule has 0 aliphatic heterocycles. The van der Waals surface area contributed by atoms with Crippen LogP contribution in [-0.2, 0) is 15.0 Å². The Morgan fingerprint density at radius 3 is 2.41 bits per heavy atom. The first-order valence-electron chi connectivity index (χ1n) is 5.06. The second-order valence-corrected chi connectivity index (χ2v) is 3.97. The molecule has 90 valence electrons. The number of carbonyl (C=O) groups is 2. The van der Waals surface area contributed by atoms with Crippen molar-refractivity contribution in [1.82, 2.24) is 0 Å². The molecule has 0 fully saturated rings. The number of hydrogen-bond donors (Lipinski definition) is 2. The van der Waals surface area contributed by atoms with E-state index in [4.69, 9.17) is 10.9 Å². The smallest absolute Gasteiger partial charge is 0.170 e. The van der Waals surface area contributed by atoms with Crippen LogP contribution >= 0.6 is 0 Å². The van der Waals surface area contributed by atoms with E-state index in [0.717, 1.165) is 6.29 Å². The molecule has 0 aromatic heterocycles. The summed E-state index contributed by atoms with van der Waals surface area (Å²) in [5.41, 5.74) is 5.86. The van der Waals surface area contributed by atoms with Crippen molar-refractivity contribution in [3.05, 3.63) is 35.4 Å². The maximum Gasteiger partial charge on any atom is 0.170 e. The molecule has 0 spiro atoms. The van der Waals surface area contributed by atoms with Crippen LogP contribution in [0.3, 0.4) is 0 Å². The quantitative estimate of drug-likeness (QED) is 0.259. The van der Waals surface area contributed by atoms with Crippen molar-refractivity contribution in [2.45, 2.75) is 18.8 Å². The molecule has 1 unspecified atom stereocenters. The zero-order valence-electron chi connectivity index (χ0n) is 9.46. The van der Waals surface area contributed by atoms with Gasteiger partial charge in [-0.2, -0.15) is 0 Å². The predicted octanol–water partition coefficient (Wildman–Crippen LogP) is 0.827. The first kappa shape index (κ1) is 12.9. The lowest BCUT2D eigenvalue weighted by molar-refractivity contribution is -0.116. The van der Waals surface area contributed by atoms with Crippen molar-refractivity contribution < 1.29 is 14.8 Å². The van der Waals surface area contributed by atoms with Crippen LogP contribution in [0, 0.1) is 0 Å². The van der Waals surface area contributed by atoms with Gasteiger partial charge in [0.15, 0.2) is 5.84 Å². The average Bonchev–Trinajstić information content (AvgIpc) is 2.38. The normalized spacial score (nSPS) is 15.0. The topological polar surface area (TPSA) is 92.8 Å². The summed E-state index contributed by atoms with van der Waals surface area (Å²) < 4.78 is 0. The van der Waals surface area contributed by atoms with Crippen molar-refractivity contribution >= 4 is 18.4 Å². The molecule has 0 heterocycles. The molecule has 0 amide bonds. The van der Waals surface area contributed by atoms with Crippen molar-refractivity contribution in [2.24, 2.45) is 10.9 Å². The molecule has 3 N–H and O–H groups in total. The van der Waals surface area contributed by atoms with Gasteiger partial charge in [0.05, 0.1) is 5.41 Å². The van der Waals surface area contributed by atoms with Crippen LogP contribution in [0.1, 0.15) is 24.5 Å². The van der Waals surface area contributed by atoms with Gasteiger partial charge in [0.1, 0.15) is 12.6 Å². The maximum absolute atomic E-state index is 11.0. The Balaban J connectivity index is 3.08. The van der Waals surface area contributed by atoms with Crippen LogP contribution in [0.4, 0.5) is 0 Å². The van der Waals surface area contributed by atoms with Gasteiger partial charge in [-0.15, -0.1) is 0 Å². The largest absolute Gasteiger partial charge is 0.409 e. The minimum atomic E-state index is -0.828. The van der Waals surface area contributed by atoms with Crippen molar-refractivity contribution in [3.8, 4) is 0 Å². The lowest BCUT2D eigenvalue weighted by Crippen LogP contribution is -2.24. The van der Waals surface area contributed by atoms with Gasteiger partial charge < -0.3 is 20.5 Å². The predicted molar refractivity (Wildman–Crippen MR) is 63.0 cm³/mol. The second-order valence-electron chi connectivity index (χ2n) is 3.97. The Morgan fingerprint density at radius 2 is 2.00 bits per heavy atom. The van der Waals surface area contributed by atoms with Crippen LogP contribution in [0.25, 0.3) is 0 Å². The third kappa shape index (κ3) is 2.69. The molecule has 17 heavy (non-hydrogen) atoms. The number of hydrogen-bond acceptors (Lipinski definition) is 4. The van der Waals surface area contributed by atoms with Crippen molar-refractivity contribution in [2.75, 3.05) is 0 Å². The standard InChI is InChI=1S/C12H14N2O3/c1-12(8-16,6-7-15)10-4-2-9(3-5-10)11(13)14-17/h2-5,7-8,17H,6H2,1H3,(H2,13,14). The minimum Gasteiger partial charge on any atom is -0.409 e. The Hall–Kier alpha value is -2.17. The van der Waals surface area contributed by atoms with E-state index >= 15 is 0 Å². The summed E-state index contributed by atoms with van der Waals surface area (Å²) in [5.74, 6) is -0.000238. The van der Waals surface area contributed by atoms with Crippen LogP contribution < -0.4 is 5.73 Å². The molecule has 1 aromatic carbocycles. The number of nitrogens with zero attached hydrogens (tertiary/aromatic N) is 1. The third-order valence-electron chi connectivity index (χ3n) is 2.72. The third-order valence-corrected chi connectivity index (χ3v) is 2.72. The first-order chi connectivity index (χ1) is 8.07. The number of amidine groups is 1.